The monoisotopic (exact) mass is 451 g/mol. The number of rotatable bonds is 2. The molecule has 2 aromatic rings. The van der Waals surface area contributed by atoms with Gasteiger partial charge in [-0.15, -0.1) is 0 Å². The molecule has 0 spiro atoms. The fraction of sp³-hybridized carbons (Fsp3) is 0.133. The summed E-state index contributed by atoms with van der Waals surface area (Å²) in [6.07, 6.45) is 0.401. The molecule has 2 aromatic carbocycles. The van der Waals surface area contributed by atoms with Crippen molar-refractivity contribution in [2.24, 2.45) is 0 Å². The normalized spacial score (nSPS) is 9.76. The number of benzene rings is 2. The van der Waals surface area contributed by atoms with Crippen LogP contribution in [0.15, 0.2) is 45.3 Å². The van der Waals surface area contributed by atoms with E-state index in [9.17, 15) is 4.79 Å². The van der Waals surface area contributed by atoms with Crippen molar-refractivity contribution in [2.45, 2.75) is 13.3 Å². The van der Waals surface area contributed by atoms with Gasteiger partial charge in [0.05, 0.1) is 15.7 Å². The Hall–Kier alpha value is -0.550. The minimum absolute atomic E-state index is 0.120. The van der Waals surface area contributed by atoms with Gasteiger partial charge >= 0.3 is 0 Å². The quantitative estimate of drug-likeness (QED) is 0.573. The van der Waals surface area contributed by atoms with Crippen LogP contribution in [0.1, 0.15) is 12.5 Å². The van der Waals surface area contributed by atoms with Gasteiger partial charge in [0.25, 0.3) is 0 Å². The summed E-state index contributed by atoms with van der Waals surface area (Å²) < 4.78 is 1.67. The van der Waals surface area contributed by atoms with Crippen LogP contribution in [-0.2, 0) is 11.2 Å². The molecule has 112 valence electrons. The summed E-state index contributed by atoms with van der Waals surface area (Å²) in [4.78, 5) is 10.8. The topological polar surface area (TPSA) is 43.1 Å². The molecule has 0 aromatic heterocycles. The maximum atomic E-state index is 10.8. The number of carbonyl (C=O) groups is 1. The maximum Gasteiger partial charge on any atom is 0.134 e. The number of hydrogen-bond donors (Lipinski definition) is 1. The van der Waals surface area contributed by atoms with Crippen molar-refractivity contribution in [1.29, 1.82) is 0 Å². The number of carbonyl (C=O) groups excluding carboxylic acids is 1. The third kappa shape index (κ3) is 5.99. The van der Waals surface area contributed by atoms with E-state index in [1.54, 1.807) is 13.0 Å². The third-order valence-corrected chi connectivity index (χ3v) is 5.10. The Balaban J connectivity index is 0.000000219. The largest absolute Gasteiger partial charge is 0.397 e. The van der Waals surface area contributed by atoms with Gasteiger partial charge in [-0.2, -0.15) is 0 Å². The lowest BCUT2D eigenvalue weighted by Crippen LogP contribution is -1.96. The Morgan fingerprint density at radius 1 is 1.05 bits per heavy atom. The summed E-state index contributed by atoms with van der Waals surface area (Å²) >= 11 is 18.2. The summed E-state index contributed by atoms with van der Waals surface area (Å²) in [7, 11) is 0. The number of nitrogens with two attached hydrogens (primary N) is 1. The lowest BCUT2D eigenvalue weighted by atomic mass is 10.1. The average Bonchev–Trinajstić information content (AvgIpc) is 2.41. The van der Waals surface area contributed by atoms with E-state index in [0.717, 1.165) is 14.5 Å². The third-order valence-electron chi connectivity index (χ3n) is 2.45. The molecule has 2 rings (SSSR count). The molecular formula is C15H13Br2Cl2NO. The number of ketones is 1. The second kappa shape index (κ2) is 8.79. The van der Waals surface area contributed by atoms with E-state index >= 15 is 0 Å². The average molecular weight is 454 g/mol. The van der Waals surface area contributed by atoms with Crippen LogP contribution in [0.2, 0.25) is 10.0 Å². The first-order valence-electron chi connectivity index (χ1n) is 5.94. The minimum atomic E-state index is 0.120. The summed E-state index contributed by atoms with van der Waals surface area (Å²) in [6, 6.07) is 11.0. The van der Waals surface area contributed by atoms with Crippen molar-refractivity contribution in [3.63, 3.8) is 0 Å². The number of Topliss-reactive ketones (excluding diaryl/α,β-unsaturated/α-hetero) is 1. The molecule has 0 saturated carbocycles. The number of hydrogen-bond acceptors (Lipinski definition) is 2. The molecule has 2 N–H and O–H groups in total. The van der Waals surface area contributed by atoms with Crippen LogP contribution in [0.3, 0.4) is 0 Å². The van der Waals surface area contributed by atoms with Gasteiger partial charge in [-0.05, 0) is 62.5 Å². The van der Waals surface area contributed by atoms with Crippen molar-refractivity contribution in [3.8, 4) is 0 Å². The van der Waals surface area contributed by atoms with Gasteiger partial charge in [0.15, 0.2) is 0 Å². The molecule has 0 aliphatic rings. The lowest BCUT2D eigenvalue weighted by molar-refractivity contribution is -0.116. The second-order valence-electron chi connectivity index (χ2n) is 4.23. The highest BCUT2D eigenvalue weighted by Crippen LogP contribution is 2.27. The van der Waals surface area contributed by atoms with E-state index in [1.807, 2.05) is 30.3 Å². The molecule has 0 amide bonds. The molecule has 0 aliphatic heterocycles. The molecule has 2 nitrogen and oxygen atoms in total. The molecule has 0 saturated heterocycles. The molecule has 0 unspecified atom stereocenters. The van der Waals surface area contributed by atoms with E-state index in [2.05, 4.69) is 31.9 Å². The molecule has 6 heteroatoms. The van der Waals surface area contributed by atoms with Gasteiger partial charge in [-0.3, -0.25) is 4.79 Å². The van der Waals surface area contributed by atoms with Crippen LogP contribution in [-0.4, -0.2) is 5.78 Å². The SMILES string of the molecule is CC(=O)Cc1cccc(Br)c1Cl.Nc1cccc(Br)c1Cl. The fourth-order valence-corrected chi connectivity index (χ4v) is 2.58. The highest BCUT2D eigenvalue weighted by molar-refractivity contribution is 9.10. The summed E-state index contributed by atoms with van der Waals surface area (Å²) in [5.74, 6) is 0.120. The van der Waals surface area contributed by atoms with Crippen molar-refractivity contribution >= 4 is 66.5 Å². The Labute approximate surface area is 150 Å². The molecule has 0 heterocycles. The Kier molecular flexibility index (Phi) is 7.74. The zero-order valence-electron chi connectivity index (χ0n) is 11.2. The van der Waals surface area contributed by atoms with Crippen molar-refractivity contribution in [1.82, 2.24) is 0 Å². The Bertz CT molecular complexity index is 627. The van der Waals surface area contributed by atoms with Gasteiger partial charge < -0.3 is 5.73 Å². The minimum Gasteiger partial charge on any atom is -0.397 e. The molecule has 0 aliphatic carbocycles. The predicted molar refractivity (Wildman–Crippen MR) is 97.1 cm³/mol. The standard InChI is InChI=1S/C9H8BrClO.C6H5BrClN/c1-6(12)5-7-3-2-4-8(10)9(7)11;7-4-2-1-3-5(9)6(4)8/h2-4H,5H2,1H3;1-3H,9H2. The predicted octanol–water partition coefficient (Wildman–Crippen LogP) is 5.92. The second-order valence-corrected chi connectivity index (χ2v) is 6.70. The van der Waals surface area contributed by atoms with Crippen molar-refractivity contribution in [3.05, 3.63) is 61.0 Å². The van der Waals surface area contributed by atoms with Crippen LogP contribution in [0, 0.1) is 0 Å². The number of anilines is 1. The summed E-state index contributed by atoms with van der Waals surface area (Å²) in [5.41, 5.74) is 6.94. The first-order chi connectivity index (χ1) is 9.82. The molecule has 0 atom stereocenters. The molecule has 0 fully saturated rings. The molecule has 0 bridgehead atoms. The van der Waals surface area contributed by atoms with Crippen molar-refractivity contribution in [2.75, 3.05) is 5.73 Å². The first kappa shape index (κ1) is 18.5. The van der Waals surface area contributed by atoms with Crippen LogP contribution in [0.5, 0.6) is 0 Å². The molecule has 21 heavy (non-hydrogen) atoms. The van der Waals surface area contributed by atoms with Gasteiger partial charge in [-0.1, -0.05) is 41.4 Å². The smallest absolute Gasteiger partial charge is 0.134 e. The van der Waals surface area contributed by atoms with Gasteiger partial charge in [0.2, 0.25) is 0 Å². The van der Waals surface area contributed by atoms with Crippen LogP contribution < -0.4 is 5.73 Å². The van der Waals surface area contributed by atoms with Crippen LogP contribution in [0.25, 0.3) is 0 Å². The molecule has 0 radical (unpaired) electrons. The van der Waals surface area contributed by atoms with E-state index in [0.29, 0.717) is 22.2 Å². The van der Waals surface area contributed by atoms with Crippen LogP contribution >= 0.6 is 55.1 Å². The Morgan fingerprint density at radius 2 is 1.57 bits per heavy atom. The van der Waals surface area contributed by atoms with E-state index in [-0.39, 0.29) is 5.78 Å². The van der Waals surface area contributed by atoms with Gasteiger partial charge in [-0.25, -0.2) is 0 Å². The highest BCUT2D eigenvalue weighted by Gasteiger charge is 2.05. The Morgan fingerprint density at radius 3 is 2.05 bits per heavy atom. The van der Waals surface area contributed by atoms with Gasteiger partial charge in [0.1, 0.15) is 5.78 Å². The van der Waals surface area contributed by atoms with Gasteiger partial charge in [0, 0.05) is 15.4 Å². The number of halogens is 4. The highest BCUT2D eigenvalue weighted by atomic mass is 79.9. The van der Waals surface area contributed by atoms with E-state index < -0.39 is 0 Å². The van der Waals surface area contributed by atoms with Crippen molar-refractivity contribution < 1.29 is 4.79 Å². The maximum absolute atomic E-state index is 10.8. The number of nitrogen functional groups attached to an aromatic ring is 1. The van der Waals surface area contributed by atoms with E-state index in [1.165, 1.54) is 0 Å². The zero-order valence-corrected chi connectivity index (χ0v) is 15.9. The molecular weight excluding hydrogens is 441 g/mol. The lowest BCUT2D eigenvalue weighted by Gasteiger charge is -2.02. The van der Waals surface area contributed by atoms with E-state index in [4.69, 9.17) is 28.9 Å². The fourth-order valence-electron chi connectivity index (χ4n) is 1.47. The summed E-state index contributed by atoms with van der Waals surface area (Å²) in [5, 5.41) is 1.21. The van der Waals surface area contributed by atoms with Crippen LogP contribution in [0.4, 0.5) is 5.69 Å². The first-order valence-corrected chi connectivity index (χ1v) is 8.29. The summed E-state index contributed by atoms with van der Waals surface area (Å²) in [6.45, 7) is 1.55. The zero-order chi connectivity index (χ0) is 16.0.